The Morgan fingerprint density at radius 3 is 2.75 bits per heavy atom. The van der Waals surface area contributed by atoms with E-state index in [4.69, 9.17) is 4.74 Å². The van der Waals surface area contributed by atoms with Crippen LogP contribution in [0.4, 0.5) is 11.4 Å². The van der Waals surface area contributed by atoms with Crippen LogP contribution in [0.5, 0.6) is 0 Å². The lowest BCUT2D eigenvalue weighted by Gasteiger charge is -2.22. The van der Waals surface area contributed by atoms with E-state index < -0.39 is 5.97 Å². The van der Waals surface area contributed by atoms with E-state index in [9.17, 15) is 9.59 Å². The minimum absolute atomic E-state index is 0.120. The molecule has 24 heavy (non-hydrogen) atoms. The standard InChI is InChI=1S/C17H20N4O3/c1-24-17(23)13-5-6-15(20-8-2-3-9-20)14(11-13)19-16(22)12-21-10-4-7-18-21/h4-7,10-11H,2-3,8-9,12H2,1H3,(H,19,22). The van der Waals surface area contributed by atoms with Gasteiger partial charge in [-0.1, -0.05) is 0 Å². The van der Waals surface area contributed by atoms with Gasteiger partial charge in [0, 0.05) is 25.5 Å². The molecule has 1 saturated heterocycles. The molecule has 1 fully saturated rings. The Balaban J connectivity index is 1.84. The monoisotopic (exact) mass is 328 g/mol. The van der Waals surface area contributed by atoms with Crippen LogP contribution in [0, 0.1) is 0 Å². The second kappa shape index (κ2) is 7.16. The number of hydrogen-bond donors (Lipinski definition) is 1. The van der Waals surface area contributed by atoms with E-state index in [1.165, 1.54) is 7.11 Å². The summed E-state index contributed by atoms with van der Waals surface area (Å²) in [7, 11) is 1.34. The topological polar surface area (TPSA) is 76.5 Å². The van der Waals surface area contributed by atoms with Gasteiger partial charge in [0.15, 0.2) is 0 Å². The van der Waals surface area contributed by atoms with Gasteiger partial charge in [0.1, 0.15) is 6.54 Å². The maximum Gasteiger partial charge on any atom is 0.337 e. The summed E-state index contributed by atoms with van der Waals surface area (Å²) in [6.07, 6.45) is 5.60. The molecule has 0 bridgehead atoms. The number of carbonyl (C=O) groups is 2. The predicted octanol–water partition coefficient (Wildman–Crippen LogP) is 1.91. The molecule has 1 amide bonds. The zero-order valence-electron chi connectivity index (χ0n) is 13.6. The first-order valence-corrected chi connectivity index (χ1v) is 7.92. The van der Waals surface area contributed by atoms with Gasteiger partial charge in [0.05, 0.1) is 24.0 Å². The lowest BCUT2D eigenvalue weighted by molar-refractivity contribution is -0.116. The van der Waals surface area contributed by atoms with Gasteiger partial charge in [-0.05, 0) is 37.1 Å². The molecule has 1 aliphatic rings. The average Bonchev–Trinajstić information content (AvgIpc) is 3.27. The summed E-state index contributed by atoms with van der Waals surface area (Å²) in [6, 6.07) is 7.02. The maximum absolute atomic E-state index is 12.3. The first-order chi connectivity index (χ1) is 11.7. The number of benzene rings is 1. The number of methoxy groups -OCH3 is 1. The third kappa shape index (κ3) is 3.56. The molecule has 126 valence electrons. The van der Waals surface area contributed by atoms with Crippen LogP contribution in [0.15, 0.2) is 36.7 Å². The Morgan fingerprint density at radius 2 is 2.08 bits per heavy atom. The third-order valence-electron chi connectivity index (χ3n) is 4.00. The third-order valence-corrected chi connectivity index (χ3v) is 4.00. The molecule has 0 saturated carbocycles. The van der Waals surface area contributed by atoms with Gasteiger partial charge in [-0.3, -0.25) is 9.48 Å². The predicted molar refractivity (Wildman–Crippen MR) is 90.1 cm³/mol. The fourth-order valence-electron chi connectivity index (χ4n) is 2.85. The highest BCUT2D eigenvalue weighted by Crippen LogP contribution is 2.30. The molecule has 0 spiro atoms. The van der Waals surface area contributed by atoms with Crippen LogP contribution in [0.3, 0.4) is 0 Å². The van der Waals surface area contributed by atoms with Crippen molar-refractivity contribution < 1.29 is 14.3 Å². The van der Waals surface area contributed by atoms with Gasteiger partial charge in [0.2, 0.25) is 5.91 Å². The molecule has 7 heteroatoms. The van der Waals surface area contributed by atoms with Crippen molar-refractivity contribution in [2.75, 3.05) is 30.4 Å². The smallest absolute Gasteiger partial charge is 0.337 e. The lowest BCUT2D eigenvalue weighted by Crippen LogP contribution is -2.23. The van der Waals surface area contributed by atoms with Crippen molar-refractivity contribution in [2.24, 2.45) is 0 Å². The van der Waals surface area contributed by atoms with Crippen molar-refractivity contribution in [1.82, 2.24) is 9.78 Å². The first-order valence-electron chi connectivity index (χ1n) is 7.92. The van der Waals surface area contributed by atoms with Crippen molar-refractivity contribution in [2.45, 2.75) is 19.4 Å². The largest absolute Gasteiger partial charge is 0.465 e. The summed E-state index contributed by atoms with van der Waals surface area (Å²) in [5.41, 5.74) is 1.96. The summed E-state index contributed by atoms with van der Waals surface area (Å²) in [4.78, 5) is 26.3. The molecule has 0 aliphatic carbocycles. The Kier molecular flexibility index (Phi) is 4.79. The van der Waals surface area contributed by atoms with Crippen LogP contribution in [0.25, 0.3) is 0 Å². The van der Waals surface area contributed by atoms with Crippen molar-refractivity contribution >= 4 is 23.3 Å². The number of aromatic nitrogens is 2. The van der Waals surface area contributed by atoms with Gasteiger partial charge < -0.3 is 15.0 Å². The Labute approximate surface area is 140 Å². The molecular weight excluding hydrogens is 308 g/mol. The molecule has 0 unspecified atom stereocenters. The number of nitrogens with zero attached hydrogens (tertiary/aromatic N) is 3. The van der Waals surface area contributed by atoms with Crippen molar-refractivity contribution in [3.63, 3.8) is 0 Å². The summed E-state index contributed by atoms with van der Waals surface area (Å²) in [5.74, 6) is -0.619. The molecule has 2 heterocycles. The molecule has 0 radical (unpaired) electrons. The highest BCUT2D eigenvalue weighted by Gasteiger charge is 2.19. The lowest BCUT2D eigenvalue weighted by atomic mass is 10.1. The second-order valence-corrected chi connectivity index (χ2v) is 5.67. The van der Waals surface area contributed by atoms with Gasteiger partial charge in [0.25, 0.3) is 0 Å². The molecule has 1 aliphatic heterocycles. The SMILES string of the molecule is COC(=O)c1ccc(N2CCCC2)c(NC(=O)Cn2cccn2)c1. The van der Waals surface area contributed by atoms with E-state index in [-0.39, 0.29) is 12.5 Å². The first kappa shape index (κ1) is 16.0. The minimum Gasteiger partial charge on any atom is -0.465 e. The zero-order valence-corrected chi connectivity index (χ0v) is 13.6. The number of ether oxygens (including phenoxy) is 1. The summed E-state index contributed by atoms with van der Waals surface area (Å²) in [5, 5.41) is 6.92. The highest BCUT2D eigenvalue weighted by molar-refractivity contribution is 5.98. The van der Waals surface area contributed by atoms with E-state index in [0.717, 1.165) is 31.6 Å². The molecule has 7 nitrogen and oxygen atoms in total. The number of anilines is 2. The van der Waals surface area contributed by atoms with E-state index in [0.29, 0.717) is 11.3 Å². The van der Waals surface area contributed by atoms with Gasteiger partial charge in [-0.15, -0.1) is 0 Å². The van der Waals surface area contributed by atoms with Crippen LogP contribution in [0.2, 0.25) is 0 Å². The van der Waals surface area contributed by atoms with Crippen LogP contribution >= 0.6 is 0 Å². The number of hydrogen-bond acceptors (Lipinski definition) is 5. The van der Waals surface area contributed by atoms with Crippen LogP contribution < -0.4 is 10.2 Å². The van der Waals surface area contributed by atoms with Gasteiger partial charge in [-0.2, -0.15) is 5.10 Å². The quantitative estimate of drug-likeness (QED) is 0.849. The van der Waals surface area contributed by atoms with Crippen molar-refractivity contribution in [1.29, 1.82) is 0 Å². The number of nitrogens with one attached hydrogen (secondary N) is 1. The van der Waals surface area contributed by atoms with Crippen molar-refractivity contribution in [3.05, 3.63) is 42.2 Å². The van der Waals surface area contributed by atoms with Crippen LogP contribution in [-0.4, -0.2) is 41.9 Å². The zero-order chi connectivity index (χ0) is 16.9. The fourth-order valence-corrected chi connectivity index (χ4v) is 2.85. The molecule has 1 aromatic heterocycles. The molecular formula is C17H20N4O3. The number of amides is 1. The molecule has 0 atom stereocenters. The molecule has 2 aromatic rings. The molecule has 1 N–H and O–H groups in total. The van der Waals surface area contributed by atoms with Crippen LogP contribution in [0.1, 0.15) is 23.2 Å². The fraction of sp³-hybridized carbons (Fsp3) is 0.353. The van der Waals surface area contributed by atoms with Crippen molar-refractivity contribution in [3.8, 4) is 0 Å². The van der Waals surface area contributed by atoms with E-state index in [1.807, 2.05) is 6.07 Å². The average molecular weight is 328 g/mol. The summed E-state index contributed by atoms with van der Waals surface area (Å²) < 4.78 is 6.32. The van der Waals surface area contributed by atoms with Gasteiger partial charge in [-0.25, -0.2) is 4.79 Å². The Bertz CT molecular complexity index is 721. The van der Waals surface area contributed by atoms with E-state index in [1.54, 1.807) is 35.3 Å². The van der Waals surface area contributed by atoms with E-state index in [2.05, 4.69) is 15.3 Å². The summed E-state index contributed by atoms with van der Waals surface area (Å²) >= 11 is 0. The maximum atomic E-state index is 12.3. The highest BCUT2D eigenvalue weighted by atomic mass is 16.5. The minimum atomic E-state index is -0.425. The second-order valence-electron chi connectivity index (χ2n) is 5.67. The number of esters is 1. The van der Waals surface area contributed by atoms with Gasteiger partial charge >= 0.3 is 5.97 Å². The summed E-state index contributed by atoms with van der Waals surface area (Å²) in [6.45, 7) is 2.01. The molecule has 1 aromatic carbocycles. The number of rotatable bonds is 5. The Morgan fingerprint density at radius 1 is 1.29 bits per heavy atom. The number of carbonyl (C=O) groups excluding carboxylic acids is 2. The van der Waals surface area contributed by atoms with Crippen LogP contribution in [-0.2, 0) is 16.1 Å². The normalized spacial score (nSPS) is 13.8. The Hall–Kier alpha value is -2.83. The van der Waals surface area contributed by atoms with E-state index >= 15 is 0 Å². The molecule has 3 rings (SSSR count).